The van der Waals surface area contributed by atoms with Crippen LogP contribution in [0.2, 0.25) is 10.0 Å². The van der Waals surface area contributed by atoms with Crippen molar-refractivity contribution in [3.8, 4) is 5.75 Å². The number of pyridine rings is 2. The molecule has 2 heterocycles. The van der Waals surface area contributed by atoms with Crippen LogP contribution in [-0.4, -0.2) is 29.2 Å². The third-order valence-electron chi connectivity index (χ3n) is 7.08. The number of hydrogen-bond donors (Lipinski definition) is 2. The van der Waals surface area contributed by atoms with Crippen molar-refractivity contribution in [2.45, 2.75) is 37.8 Å². The summed E-state index contributed by atoms with van der Waals surface area (Å²) in [6, 6.07) is 20.3. The summed E-state index contributed by atoms with van der Waals surface area (Å²) in [6.07, 6.45) is 6.34. The van der Waals surface area contributed by atoms with Gasteiger partial charge in [0.05, 0.1) is 29.3 Å². The van der Waals surface area contributed by atoms with Gasteiger partial charge in [0.2, 0.25) is 0 Å². The lowest BCUT2D eigenvalue weighted by molar-refractivity contribution is 0.415. The Morgan fingerprint density at radius 1 is 0.750 bits per heavy atom. The zero-order chi connectivity index (χ0) is 24.6. The Morgan fingerprint density at radius 2 is 1.47 bits per heavy atom. The molecule has 1 saturated carbocycles. The molecule has 1 fully saturated rings. The highest BCUT2D eigenvalue weighted by atomic mass is 35.5. The first-order valence-electron chi connectivity index (χ1n) is 12.2. The molecule has 2 N–H and O–H groups in total. The summed E-state index contributed by atoms with van der Waals surface area (Å²) < 4.78 is 5.54. The molecule has 0 unspecified atom stereocenters. The number of hydrogen-bond acceptors (Lipinski definition) is 5. The molecule has 7 heteroatoms. The molecule has 0 radical (unpaired) electrons. The Morgan fingerprint density at radius 3 is 2.25 bits per heavy atom. The molecular weight excluding hydrogens is 491 g/mol. The molecule has 5 aromatic rings. The monoisotopic (exact) mass is 516 g/mol. The number of aromatic nitrogens is 2. The summed E-state index contributed by atoms with van der Waals surface area (Å²) in [5.74, 6) is 0.806. The highest BCUT2D eigenvalue weighted by molar-refractivity contribution is 6.31. The van der Waals surface area contributed by atoms with Crippen LogP contribution in [0.15, 0.2) is 66.9 Å². The molecule has 3 aromatic carbocycles. The van der Waals surface area contributed by atoms with Crippen molar-refractivity contribution in [1.82, 2.24) is 9.97 Å². The van der Waals surface area contributed by atoms with E-state index in [1.54, 1.807) is 7.11 Å². The van der Waals surface area contributed by atoms with Crippen LogP contribution in [0.5, 0.6) is 5.75 Å². The van der Waals surface area contributed by atoms with Crippen molar-refractivity contribution in [3.63, 3.8) is 0 Å². The highest BCUT2D eigenvalue weighted by Crippen LogP contribution is 2.37. The zero-order valence-electron chi connectivity index (χ0n) is 19.9. The number of fused-ring (bicyclic) bond motifs is 3. The van der Waals surface area contributed by atoms with Gasteiger partial charge in [-0.25, -0.2) is 4.98 Å². The predicted octanol–water partition coefficient (Wildman–Crippen LogP) is 8.09. The van der Waals surface area contributed by atoms with Gasteiger partial charge in [-0.15, -0.1) is 0 Å². The van der Waals surface area contributed by atoms with Gasteiger partial charge in [0.1, 0.15) is 5.75 Å². The summed E-state index contributed by atoms with van der Waals surface area (Å²) in [5, 5.41) is 12.3. The second-order valence-corrected chi connectivity index (χ2v) is 10.2. The van der Waals surface area contributed by atoms with E-state index in [1.807, 2.05) is 54.7 Å². The van der Waals surface area contributed by atoms with Gasteiger partial charge in [-0.05, 0) is 73.5 Å². The average Bonchev–Trinajstić information content (AvgIpc) is 2.89. The normalized spacial score (nSPS) is 18.0. The maximum absolute atomic E-state index is 6.33. The van der Waals surface area contributed by atoms with E-state index in [1.165, 1.54) is 12.8 Å². The highest BCUT2D eigenvalue weighted by Gasteiger charge is 2.27. The molecule has 6 rings (SSSR count). The fourth-order valence-electron chi connectivity index (χ4n) is 5.29. The minimum absolute atomic E-state index is 0.227. The number of anilines is 2. The van der Waals surface area contributed by atoms with Crippen molar-refractivity contribution < 1.29 is 4.74 Å². The van der Waals surface area contributed by atoms with Gasteiger partial charge in [0.25, 0.3) is 0 Å². The Kier molecular flexibility index (Phi) is 6.20. The van der Waals surface area contributed by atoms with E-state index < -0.39 is 0 Å². The largest absolute Gasteiger partial charge is 0.497 e. The Bertz CT molecular complexity index is 1590. The van der Waals surface area contributed by atoms with Gasteiger partial charge in [0, 0.05) is 50.2 Å². The number of ether oxygens (including phenoxy) is 1. The molecule has 2 aromatic heterocycles. The van der Waals surface area contributed by atoms with Crippen LogP contribution < -0.4 is 15.4 Å². The van der Waals surface area contributed by atoms with E-state index in [4.69, 9.17) is 32.9 Å². The number of rotatable bonds is 5. The predicted molar refractivity (Wildman–Crippen MR) is 151 cm³/mol. The lowest BCUT2D eigenvalue weighted by Gasteiger charge is -2.35. The van der Waals surface area contributed by atoms with Crippen LogP contribution in [0.4, 0.5) is 11.4 Å². The molecule has 36 heavy (non-hydrogen) atoms. The molecule has 0 spiro atoms. The molecule has 2 atom stereocenters. The third-order valence-corrected chi connectivity index (χ3v) is 7.55. The summed E-state index contributed by atoms with van der Waals surface area (Å²) in [5.41, 5.74) is 4.82. The van der Waals surface area contributed by atoms with E-state index in [-0.39, 0.29) is 12.1 Å². The van der Waals surface area contributed by atoms with Crippen LogP contribution in [0.25, 0.3) is 32.7 Å². The molecule has 0 bridgehead atoms. The molecule has 0 aliphatic heterocycles. The molecule has 1 aliphatic carbocycles. The molecule has 182 valence electrons. The second-order valence-electron chi connectivity index (χ2n) is 9.34. The van der Waals surface area contributed by atoms with Crippen LogP contribution in [0, 0.1) is 0 Å². The smallest absolute Gasteiger partial charge is 0.119 e. The Balaban J connectivity index is 1.41. The van der Waals surface area contributed by atoms with Crippen LogP contribution in [0.1, 0.15) is 25.7 Å². The van der Waals surface area contributed by atoms with Crippen molar-refractivity contribution in [3.05, 3.63) is 76.9 Å². The van der Waals surface area contributed by atoms with E-state index in [0.717, 1.165) is 62.7 Å². The maximum Gasteiger partial charge on any atom is 0.119 e. The van der Waals surface area contributed by atoms with Gasteiger partial charge >= 0.3 is 0 Å². The minimum Gasteiger partial charge on any atom is -0.497 e. The summed E-state index contributed by atoms with van der Waals surface area (Å²) >= 11 is 12.5. The number of methoxy groups -OCH3 is 1. The van der Waals surface area contributed by atoms with Crippen molar-refractivity contribution >= 4 is 67.3 Å². The second kappa shape index (κ2) is 9.64. The van der Waals surface area contributed by atoms with Crippen molar-refractivity contribution in [1.29, 1.82) is 0 Å². The SMILES string of the molecule is COc1ccc2nc3cc(Cl)ccc3c(N[C@@H]3CCCC[C@H]3Nc3ccnc4cc(Cl)ccc34)c2c1. The van der Waals surface area contributed by atoms with Gasteiger partial charge in [-0.1, -0.05) is 36.0 Å². The van der Waals surface area contributed by atoms with Crippen LogP contribution >= 0.6 is 23.2 Å². The van der Waals surface area contributed by atoms with Gasteiger partial charge < -0.3 is 15.4 Å². The van der Waals surface area contributed by atoms with Gasteiger partial charge in [-0.2, -0.15) is 0 Å². The maximum atomic E-state index is 6.33. The first kappa shape index (κ1) is 23.1. The number of halogens is 2. The van der Waals surface area contributed by atoms with E-state index in [0.29, 0.717) is 10.0 Å². The first-order valence-corrected chi connectivity index (χ1v) is 13.0. The number of nitrogens with zero attached hydrogens (tertiary/aromatic N) is 2. The van der Waals surface area contributed by atoms with Gasteiger partial charge in [-0.3, -0.25) is 4.98 Å². The standard InChI is InChI=1S/C29H26Cl2N4O/c1-36-19-8-11-23-22(16-19)29(21-10-7-18(31)15-28(21)34-23)35-26-5-3-2-4-25(26)33-24-12-13-32-27-14-17(30)6-9-20(24)27/h6-16,25-26H,2-5H2,1H3,(H,32,33)(H,34,35)/t25-,26-/m1/s1. The lowest BCUT2D eigenvalue weighted by atomic mass is 9.89. The van der Waals surface area contributed by atoms with Gasteiger partial charge in [0.15, 0.2) is 0 Å². The molecule has 1 aliphatic rings. The number of nitrogens with one attached hydrogen (secondary N) is 2. The fourth-order valence-corrected chi connectivity index (χ4v) is 5.62. The van der Waals surface area contributed by atoms with E-state index in [9.17, 15) is 0 Å². The Hall–Kier alpha value is -3.28. The molecule has 0 amide bonds. The average molecular weight is 517 g/mol. The number of benzene rings is 3. The quantitative estimate of drug-likeness (QED) is 0.231. The summed E-state index contributed by atoms with van der Waals surface area (Å²) in [4.78, 5) is 9.39. The third kappa shape index (κ3) is 4.38. The minimum atomic E-state index is 0.227. The lowest BCUT2D eigenvalue weighted by Crippen LogP contribution is -2.41. The molecular formula is C29H26Cl2N4O. The zero-order valence-corrected chi connectivity index (χ0v) is 21.4. The van der Waals surface area contributed by atoms with Crippen LogP contribution in [-0.2, 0) is 0 Å². The van der Waals surface area contributed by atoms with Crippen molar-refractivity contribution in [2.24, 2.45) is 0 Å². The van der Waals surface area contributed by atoms with E-state index >= 15 is 0 Å². The van der Waals surface area contributed by atoms with Crippen LogP contribution in [0.3, 0.4) is 0 Å². The summed E-state index contributed by atoms with van der Waals surface area (Å²) in [7, 11) is 1.69. The topological polar surface area (TPSA) is 59.1 Å². The van der Waals surface area contributed by atoms with Crippen molar-refractivity contribution in [2.75, 3.05) is 17.7 Å². The fraction of sp³-hybridized carbons (Fsp3) is 0.241. The summed E-state index contributed by atoms with van der Waals surface area (Å²) in [6.45, 7) is 0. The Labute approximate surface area is 219 Å². The molecule has 5 nitrogen and oxygen atoms in total. The van der Waals surface area contributed by atoms with E-state index in [2.05, 4.69) is 27.8 Å². The first-order chi connectivity index (χ1) is 17.6. The molecule has 0 saturated heterocycles.